The molecule has 0 aliphatic heterocycles. The number of hydrogen-bond donors (Lipinski definition) is 2. The van der Waals surface area contributed by atoms with Gasteiger partial charge in [0.2, 0.25) is 5.95 Å². The van der Waals surface area contributed by atoms with Crippen LogP contribution in [0, 0.1) is 11.3 Å². The summed E-state index contributed by atoms with van der Waals surface area (Å²) in [5, 5.41) is 27.9. The molecule has 0 spiro atoms. The van der Waals surface area contributed by atoms with E-state index in [0.717, 1.165) is 5.69 Å². The van der Waals surface area contributed by atoms with Gasteiger partial charge in [-0.05, 0) is 40.8 Å². The van der Waals surface area contributed by atoms with Gasteiger partial charge >= 0.3 is 6.61 Å². The lowest BCUT2D eigenvalue weighted by atomic mass is 10.1. The maximum atomic E-state index is 12.6. The summed E-state index contributed by atoms with van der Waals surface area (Å²) < 4.78 is 31.2. The van der Waals surface area contributed by atoms with Crippen LogP contribution in [0.25, 0.3) is 16.6 Å². The zero-order chi connectivity index (χ0) is 21.6. The van der Waals surface area contributed by atoms with Gasteiger partial charge < -0.3 is 15.4 Å². The third-order valence-corrected chi connectivity index (χ3v) is 4.37. The molecule has 2 heterocycles. The van der Waals surface area contributed by atoms with E-state index >= 15 is 0 Å². The third-order valence-electron chi connectivity index (χ3n) is 4.37. The highest BCUT2D eigenvalue weighted by Gasteiger charge is 2.12. The van der Waals surface area contributed by atoms with Gasteiger partial charge in [0.05, 0.1) is 22.5 Å². The van der Waals surface area contributed by atoms with Gasteiger partial charge in [-0.15, -0.1) is 0 Å². The van der Waals surface area contributed by atoms with Gasteiger partial charge in [-0.25, -0.2) is 0 Å². The highest BCUT2D eigenvalue weighted by Crippen LogP contribution is 2.29. The summed E-state index contributed by atoms with van der Waals surface area (Å²) in [4.78, 5) is 4.20. The average Bonchev–Trinajstić information content (AvgIpc) is 3.25. The highest BCUT2D eigenvalue weighted by atomic mass is 19.3. The number of ether oxygens (including phenoxy) is 1. The molecule has 11 heteroatoms. The molecule has 2 N–H and O–H groups in total. The molecule has 9 nitrogen and oxygen atoms in total. The second kappa shape index (κ2) is 9.00. The minimum Gasteiger partial charge on any atom is -0.435 e. The summed E-state index contributed by atoms with van der Waals surface area (Å²) in [5.74, 6) is 0.448. The molecule has 0 saturated heterocycles. The molecule has 4 rings (SSSR count). The molecule has 0 aliphatic carbocycles. The second-order valence-corrected chi connectivity index (χ2v) is 6.32. The zero-order valence-corrected chi connectivity index (χ0v) is 16.0. The van der Waals surface area contributed by atoms with Gasteiger partial charge in [0.1, 0.15) is 11.8 Å². The van der Waals surface area contributed by atoms with Crippen LogP contribution < -0.4 is 15.4 Å². The van der Waals surface area contributed by atoms with E-state index in [4.69, 9.17) is 0 Å². The largest absolute Gasteiger partial charge is 0.435 e. The fourth-order valence-electron chi connectivity index (χ4n) is 3.03. The number of tetrazole rings is 1. The maximum Gasteiger partial charge on any atom is 0.387 e. The Morgan fingerprint density at radius 2 is 1.90 bits per heavy atom. The monoisotopic (exact) mass is 422 g/mol. The molecule has 0 radical (unpaired) electrons. The molecule has 2 aromatic heterocycles. The summed E-state index contributed by atoms with van der Waals surface area (Å²) in [6.45, 7) is -2.12. The van der Waals surface area contributed by atoms with Gasteiger partial charge in [0.25, 0.3) is 0 Å². The normalized spacial score (nSPS) is 10.8. The van der Waals surface area contributed by atoms with E-state index in [9.17, 15) is 14.0 Å². The number of pyridine rings is 1. The van der Waals surface area contributed by atoms with Crippen LogP contribution in [0.2, 0.25) is 0 Å². The molecule has 0 aliphatic rings. The van der Waals surface area contributed by atoms with Crippen LogP contribution in [0.15, 0.2) is 54.7 Å². The Balaban J connectivity index is 1.49. The van der Waals surface area contributed by atoms with Crippen molar-refractivity contribution in [2.24, 2.45) is 0 Å². The number of alkyl halides is 2. The average molecular weight is 422 g/mol. The molecule has 156 valence electrons. The molecule has 0 atom stereocenters. The van der Waals surface area contributed by atoms with Crippen molar-refractivity contribution in [1.29, 1.82) is 5.26 Å². The number of nitrogens with zero attached hydrogens (tertiary/aromatic N) is 6. The van der Waals surface area contributed by atoms with E-state index < -0.39 is 6.61 Å². The van der Waals surface area contributed by atoms with Gasteiger partial charge in [-0.3, -0.25) is 4.98 Å². The number of aromatic nitrogens is 5. The summed E-state index contributed by atoms with van der Waals surface area (Å²) in [6, 6.07) is 15.9. The lowest BCUT2D eigenvalue weighted by Gasteiger charge is -2.13. The SMILES string of the molecule is N#Cc1cnc2ccc(OC(F)F)cc2c1NCCNc1nnnn1-c1ccccc1. The number of hydrogen-bond acceptors (Lipinski definition) is 8. The van der Waals surface area contributed by atoms with Crippen LogP contribution >= 0.6 is 0 Å². The predicted molar refractivity (Wildman–Crippen MR) is 109 cm³/mol. The number of fused-ring (bicyclic) bond motifs is 1. The number of para-hydroxylation sites is 1. The fourth-order valence-corrected chi connectivity index (χ4v) is 3.03. The molecular weight excluding hydrogens is 406 g/mol. The lowest BCUT2D eigenvalue weighted by Crippen LogP contribution is -2.17. The van der Waals surface area contributed by atoms with E-state index in [1.165, 1.54) is 18.3 Å². The summed E-state index contributed by atoms with van der Waals surface area (Å²) in [5.41, 5.74) is 2.12. The quantitative estimate of drug-likeness (QED) is 0.416. The second-order valence-electron chi connectivity index (χ2n) is 6.32. The van der Waals surface area contributed by atoms with E-state index in [-0.39, 0.29) is 11.3 Å². The first-order valence-electron chi connectivity index (χ1n) is 9.25. The maximum absolute atomic E-state index is 12.6. The van der Waals surface area contributed by atoms with Crippen LogP contribution in [0.5, 0.6) is 5.75 Å². The molecule has 0 saturated carbocycles. The molecule has 31 heavy (non-hydrogen) atoms. The topological polar surface area (TPSA) is 114 Å². The lowest BCUT2D eigenvalue weighted by molar-refractivity contribution is -0.0497. The molecule has 4 aromatic rings. The first kappa shape index (κ1) is 20.0. The van der Waals surface area contributed by atoms with Gasteiger partial charge in [0.15, 0.2) is 0 Å². The summed E-state index contributed by atoms with van der Waals surface area (Å²) in [6.07, 6.45) is 1.43. The summed E-state index contributed by atoms with van der Waals surface area (Å²) >= 11 is 0. The number of halogens is 2. The summed E-state index contributed by atoms with van der Waals surface area (Å²) in [7, 11) is 0. The van der Waals surface area contributed by atoms with E-state index in [0.29, 0.717) is 35.6 Å². The predicted octanol–water partition coefficient (Wildman–Crippen LogP) is 3.21. The number of anilines is 2. The van der Waals surface area contributed by atoms with Crippen molar-refractivity contribution in [3.8, 4) is 17.5 Å². The number of rotatable bonds is 8. The Labute approximate surface area is 175 Å². The smallest absolute Gasteiger partial charge is 0.387 e. The Kier molecular flexibility index (Phi) is 5.79. The first-order chi connectivity index (χ1) is 15.2. The molecule has 0 bridgehead atoms. The van der Waals surface area contributed by atoms with E-state index in [1.807, 2.05) is 30.3 Å². The van der Waals surface area contributed by atoms with Gasteiger partial charge in [-0.1, -0.05) is 23.3 Å². The van der Waals surface area contributed by atoms with Crippen molar-refractivity contribution in [2.45, 2.75) is 6.61 Å². The number of nitriles is 1. The van der Waals surface area contributed by atoms with Gasteiger partial charge in [0, 0.05) is 24.7 Å². The number of benzene rings is 2. The molecular formula is C20H16F2N8O. The zero-order valence-electron chi connectivity index (χ0n) is 16.0. The Morgan fingerprint density at radius 1 is 1.10 bits per heavy atom. The van der Waals surface area contributed by atoms with Gasteiger partial charge in [-0.2, -0.15) is 18.7 Å². The molecule has 0 unspecified atom stereocenters. The third kappa shape index (κ3) is 4.48. The van der Waals surface area contributed by atoms with E-state index in [2.05, 4.69) is 41.9 Å². The van der Waals surface area contributed by atoms with Crippen molar-refractivity contribution in [3.05, 3.63) is 60.3 Å². The first-order valence-corrected chi connectivity index (χ1v) is 9.25. The Morgan fingerprint density at radius 3 is 2.68 bits per heavy atom. The molecule has 0 amide bonds. The van der Waals surface area contributed by atoms with Crippen molar-refractivity contribution in [3.63, 3.8) is 0 Å². The van der Waals surface area contributed by atoms with Crippen molar-refractivity contribution in [2.75, 3.05) is 23.7 Å². The minimum atomic E-state index is -2.94. The fraction of sp³-hybridized carbons (Fsp3) is 0.150. The van der Waals surface area contributed by atoms with Crippen LogP contribution in [0.4, 0.5) is 20.4 Å². The minimum absolute atomic E-state index is 0.0115. The van der Waals surface area contributed by atoms with Crippen LogP contribution in [-0.2, 0) is 0 Å². The molecule has 2 aromatic carbocycles. The Hall–Kier alpha value is -4.33. The van der Waals surface area contributed by atoms with Crippen molar-refractivity contribution < 1.29 is 13.5 Å². The standard InChI is InChI=1S/C20H16F2N8O/c21-19(22)31-15-6-7-17-16(10-15)18(13(11-23)12-26-17)24-8-9-25-20-27-28-29-30(20)14-4-2-1-3-5-14/h1-7,10,12,19H,8-9H2,(H,24,26)(H,25,27,29). The van der Waals surface area contributed by atoms with Crippen LogP contribution in [-0.4, -0.2) is 44.9 Å². The highest BCUT2D eigenvalue weighted by molar-refractivity contribution is 5.94. The van der Waals surface area contributed by atoms with Crippen LogP contribution in [0.1, 0.15) is 5.56 Å². The Bertz CT molecular complexity index is 1220. The molecule has 0 fully saturated rings. The van der Waals surface area contributed by atoms with E-state index in [1.54, 1.807) is 10.7 Å². The number of nitrogens with one attached hydrogen (secondary N) is 2. The van der Waals surface area contributed by atoms with Crippen molar-refractivity contribution in [1.82, 2.24) is 25.2 Å². The van der Waals surface area contributed by atoms with Crippen LogP contribution in [0.3, 0.4) is 0 Å². The van der Waals surface area contributed by atoms with Crippen molar-refractivity contribution >= 4 is 22.5 Å².